The summed E-state index contributed by atoms with van der Waals surface area (Å²) in [4.78, 5) is 17.8. The van der Waals surface area contributed by atoms with E-state index in [1.165, 1.54) is 11.8 Å². The Kier molecular flexibility index (Phi) is 5.26. The van der Waals surface area contributed by atoms with Crippen LogP contribution in [0.2, 0.25) is 5.02 Å². The Bertz CT molecular complexity index is 969. The molecule has 1 aromatic heterocycles. The molecule has 0 unspecified atom stereocenters. The van der Waals surface area contributed by atoms with E-state index in [2.05, 4.69) is 0 Å². The molecule has 1 fully saturated rings. The molecular formula is C19H17ClN2O3S. The minimum atomic E-state index is -0.0895. The van der Waals surface area contributed by atoms with Gasteiger partial charge in [-0.3, -0.25) is 9.36 Å². The van der Waals surface area contributed by atoms with Gasteiger partial charge in [0.05, 0.1) is 29.3 Å². The Labute approximate surface area is 159 Å². The lowest BCUT2D eigenvalue weighted by molar-refractivity contribution is -0.130. The predicted octanol–water partition coefficient (Wildman–Crippen LogP) is 3.89. The molecule has 7 heteroatoms. The van der Waals surface area contributed by atoms with E-state index < -0.39 is 0 Å². The highest BCUT2D eigenvalue weighted by Crippen LogP contribution is 2.24. The standard InChI is InChI=1S/C19H17ClN2O3S/c20-13-5-7-14(8-6-13)22-18(23)16-3-1-2-4-17(16)21-19(22)26-11-15-9-10-24-12-25-15/h1-8,15H,9-12H2/t15-/m0/s1. The van der Waals surface area contributed by atoms with Gasteiger partial charge in [0.25, 0.3) is 5.56 Å². The number of halogens is 1. The predicted molar refractivity (Wildman–Crippen MR) is 103 cm³/mol. The third-order valence-electron chi connectivity index (χ3n) is 4.20. The van der Waals surface area contributed by atoms with Crippen molar-refractivity contribution in [3.8, 4) is 5.69 Å². The van der Waals surface area contributed by atoms with E-state index in [-0.39, 0.29) is 11.7 Å². The van der Waals surface area contributed by atoms with E-state index in [1.807, 2.05) is 30.3 Å². The minimum absolute atomic E-state index is 0.0895. The summed E-state index contributed by atoms with van der Waals surface area (Å²) >= 11 is 7.52. The molecule has 0 saturated carbocycles. The zero-order valence-corrected chi connectivity index (χ0v) is 15.5. The summed E-state index contributed by atoms with van der Waals surface area (Å²) in [5.74, 6) is 0.710. The molecule has 134 valence electrons. The van der Waals surface area contributed by atoms with Crippen LogP contribution in [0.1, 0.15) is 6.42 Å². The zero-order valence-electron chi connectivity index (χ0n) is 13.9. The van der Waals surface area contributed by atoms with Gasteiger partial charge in [-0.1, -0.05) is 35.5 Å². The summed E-state index contributed by atoms with van der Waals surface area (Å²) < 4.78 is 12.5. The molecular weight excluding hydrogens is 372 g/mol. The van der Waals surface area contributed by atoms with E-state index in [1.54, 1.807) is 22.8 Å². The normalized spacial score (nSPS) is 17.5. The van der Waals surface area contributed by atoms with Crippen LogP contribution in [0.3, 0.4) is 0 Å². The Morgan fingerprint density at radius 2 is 2.00 bits per heavy atom. The number of aromatic nitrogens is 2. The van der Waals surface area contributed by atoms with Crippen LogP contribution in [-0.4, -0.2) is 34.8 Å². The molecule has 1 aliphatic heterocycles. The van der Waals surface area contributed by atoms with Gasteiger partial charge in [-0.25, -0.2) is 4.98 Å². The summed E-state index contributed by atoms with van der Waals surface area (Å²) in [5.41, 5.74) is 1.35. The van der Waals surface area contributed by atoms with Crippen molar-refractivity contribution < 1.29 is 9.47 Å². The molecule has 0 aliphatic carbocycles. The number of rotatable bonds is 4. The van der Waals surface area contributed by atoms with Gasteiger partial charge in [0, 0.05) is 10.8 Å². The molecule has 2 aromatic carbocycles. The third kappa shape index (κ3) is 3.64. The van der Waals surface area contributed by atoms with Crippen molar-refractivity contribution in [3.05, 3.63) is 63.9 Å². The molecule has 1 aliphatic rings. The Hall–Kier alpha value is -1.86. The molecule has 0 N–H and O–H groups in total. The molecule has 2 heterocycles. The molecule has 0 amide bonds. The zero-order chi connectivity index (χ0) is 17.9. The number of fused-ring (bicyclic) bond motifs is 1. The van der Waals surface area contributed by atoms with Gasteiger partial charge in [-0.15, -0.1) is 0 Å². The molecule has 3 aromatic rings. The largest absolute Gasteiger partial charge is 0.355 e. The highest BCUT2D eigenvalue weighted by molar-refractivity contribution is 7.99. The Morgan fingerprint density at radius 3 is 2.77 bits per heavy atom. The van der Waals surface area contributed by atoms with Gasteiger partial charge >= 0.3 is 0 Å². The summed E-state index contributed by atoms with van der Waals surface area (Å²) in [6.07, 6.45) is 0.932. The second-order valence-electron chi connectivity index (χ2n) is 5.94. The molecule has 0 radical (unpaired) electrons. The van der Waals surface area contributed by atoms with E-state index in [0.29, 0.717) is 40.2 Å². The van der Waals surface area contributed by atoms with Gasteiger partial charge in [0.15, 0.2) is 5.16 Å². The highest BCUT2D eigenvalue weighted by atomic mass is 35.5. The van der Waals surface area contributed by atoms with E-state index >= 15 is 0 Å². The van der Waals surface area contributed by atoms with Crippen molar-refractivity contribution in [1.82, 2.24) is 9.55 Å². The van der Waals surface area contributed by atoms with Crippen molar-refractivity contribution >= 4 is 34.3 Å². The first-order valence-electron chi connectivity index (χ1n) is 8.32. The fourth-order valence-corrected chi connectivity index (χ4v) is 4.03. The summed E-state index contributed by atoms with van der Waals surface area (Å²) in [7, 11) is 0. The van der Waals surface area contributed by atoms with Crippen LogP contribution in [0.15, 0.2) is 58.5 Å². The van der Waals surface area contributed by atoms with Crippen LogP contribution in [0.25, 0.3) is 16.6 Å². The first-order chi connectivity index (χ1) is 12.7. The lowest BCUT2D eigenvalue weighted by Crippen LogP contribution is -2.27. The number of ether oxygens (including phenoxy) is 2. The Balaban J connectivity index is 1.77. The SMILES string of the molecule is O=c1c2ccccc2nc(SC[C@@H]2CCOCO2)n1-c1ccc(Cl)cc1. The number of hydrogen-bond donors (Lipinski definition) is 0. The van der Waals surface area contributed by atoms with E-state index in [9.17, 15) is 4.79 Å². The topological polar surface area (TPSA) is 53.4 Å². The number of para-hydroxylation sites is 1. The van der Waals surface area contributed by atoms with Crippen molar-refractivity contribution in [2.24, 2.45) is 0 Å². The molecule has 4 rings (SSSR count). The van der Waals surface area contributed by atoms with Crippen LogP contribution >= 0.6 is 23.4 Å². The number of hydrogen-bond acceptors (Lipinski definition) is 5. The molecule has 1 atom stereocenters. The van der Waals surface area contributed by atoms with Crippen LogP contribution in [0.5, 0.6) is 0 Å². The highest BCUT2D eigenvalue weighted by Gasteiger charge is 2.18. The van der Waals surface area contributed by atoms with E-state index in [0.717, 1.165) is 12.1 Å². The molecule has 0 bridgehead atoms. The lowest BCUT2D eigenvalue weighted by Gasteiger charge is -2.22. The van der Waals surface area contributed by atoms with Crippen LogP contribution < -0.4 is 5.56 Å². The summed E-state index contributed by atoms with van der Waals surface area (Å²) in [6, 6.07) is 14.6. The van der Waals surface area contributed by atoms with Crippen LogP contribution in [-0.2, 0) is 9.47 Å². The van der Waals surface area contributed by atoms with Gasteiger partial charge in [-0.2, -0.15) is 0 Å². The second-order valence-corrected chi connectivity index (χ2v) is 7.37. The molecule has 5 nitrogen and oxygen atoms in total. The van der Waals surface area contributed by atoms with Crippen LogP contribution in [0, 0.1) is 0 Å². The van der Waals surface area contributed by atoms with Crippen molar-refractivity contribution in [2.45, 2.75) is 17.7 Å². The van der Waals surface area contributed by atoms with E-state index in [4.69, 9.17) is 26.1 Å². The summed E-state index contributed by atoms with van der Waals surface area (Å²) in [5, 5.41) is 1.86. The number of benzene rings is 2. The lowest BCUT2D eigenvalue weighted by atomic mass is 10.2. The summed E-state index contributed by atoms with van der Waals surface area (Å²) in [6.45, 7) is 1.01. The first-order valence-corrected chi connectivity index (χ1v) is 9.68. The first kappa shape index (κ1) is 17.5. The van der Waals surface area contributed by atoms with Crippen LogP contribution in [0.4, 0.5) is 0 Å². The fourth-order valence-electron chi connectivity index (χ4n) is 2.83. The molecule has 26 heavy (non-hydrogen) atoms. The van der Waals surface area contributed by atoms with Crippen molar-refractivity contribution in [3.63, 3.8) is 0 Å². The van der Waals surface area contributed by atoms with Crippen molar-refractivity contribution in [2.75, 3.05) is 19.2 Å². The maximum Gasteiger partial charge on any atom is 0.266 e. The Morgan fingerprint density at radius 1 is 1.19 bits per heavy atom. The monoisotopic (exact) mass is 388 g/mol. The maximum absolute atomic E-state index is 13.1. The fraction of sp³-hybridized carbons (Fsp3) is 0.263. The minimum Gasteiger partial charge on any atom is -0.355 e. The van der Waals surface area contributed by atoms with Gasteiger partial charge in [-0.05, 0) is 42.8 Å². The molecule has 0 spiro atoms. The smallest absolute Gasteiger partial charge is 0.266 e. The second kappa shape index (κ2) is 7.80. The van der Waals surface area contributed by atoms with Gasteiger partial charge in [0.2, 0.25) is 0 Å². The quantitative estimate of drug-likeness (QED) is 0.501. The number of nitrogens with zero attached hydrogens (tertiary/aromatic N) is 2. The maximum atomic E-state index is 13.1. The third-order valence-corrected chi connectivity index (χ3v) is 5.52. The molecule has 1 saturated heterocycles. The average molecular weight is 389 g/mol. The van der Waals surface area contributed by atoms with Gasteiger partial charge in [0.1, 0.15) is 6.79 Å². The van der Waals surface area contributed by atoms with Gasteiger partial charge < -0.3 is 9.47 Å². The number of thioether (sulfide) groups is 1. The van der Waals surface area contributed by atoms with Crippen molar-refractivity contribution in [1.29, 1.82) is 0 Å². The average Bonchev–Trinajstić information content (AvgIpc) is 2.68.